The number of nitrogens with zero attached hydrogens (tertiary/aromatic N) is 1. The Morgan fingerprint density at radius 2 is 2.00 bits per heavy atom. The third-order valence-electron chi connectivity index (χ3n) is 3.27. The number of fused-ring (bicyclic) bond motifs is 1. The summed E-state index contributed by atoms with van der Waals surface area (Å²) in [5.74, 6) is 0.691. The Morgan fingerprint density at radius 3 is 2.63 bits per heavy atom. The normalized spacial score (nSPS) is 10.5. The van der Waals surface area contributed by atoms with Gasteiger partial charge in [0, 0.05) is 12.4 Å². The van der Waals surface area contributed by atoms with Gasteiger partial charge in [-0.15, -0.1) is 0 Å². The van der Waals surface area contributed by atoms with E-state index in [4.69, 9.17) is 4.74 Å². The summed E-state index contributed by atoms with van der Waals surface area (Å²) < 4.78 is 7.17. The highest BCUT2D eigenvalue weighted by atomic mass is 16.5. The fourth-order valence-corrected chi connectivity index (χ4v) is 2.25. The van der Waals surface area contributed by atoms with Crippen LogP contribution in [0.2, 0.25) is 0 Å². The van der Waals surface area contributed by atoms with E-state index in [0.29, 0.717) is 17.7 Å². The van der Waals surface area contributed by atoms with Crippen LogP contribution in [0.25, 0.3) is 10.9 Å². The van der Waals surface area contributed by atoms with Crippen LogP contribution in [0.1, 0.15) is 19.4 Å². The second-order valence-electron chi connectivity index (χ2n) is 4.88. The number of allylic oxidation sites excluding steroid dienone is 2. The van der Waals surface area contributed by atoms with Crippen LogP contribution < -0.4 is 10.3 Å². The number of methoxy groups -OCH3 is 1. The first kappa shape index (κ1) is 13.4. The van der Waals surface area contributed by atoms with Gasteiger partial charge < -0.3 is 9.30 Å². The van der Waals surface area contributed by atoms with Crippen molar-refractivity contribution < 1.29 is 4.74 Å². The maximum Gasteiger partial charge on any atom is 0.258 e. The van der Waals surface area contributed by atoms with Gasteiger partial charge in [-0.05, 0) is 32.4 Å². The summed E-state index contributed by atoms with van der Waals surface area (Å²) in [5.41, 5.74) is 2.81. The lowest BCUT2D eigenvalue weighted by molar-refractivity contribution is 0.414. The maximum absolute atomic E-state index is 12.4. The van der Waals surface area contributed by atoms with E-state index in [2.05, 4.69) is 0 Å². The minimum Gasteiger partial charge on any atom is -0.496 e. The second-order valence-corrected chi connectivity index (χ2v) is 4.88. The van der Waals surface area contributed by atoms with Crippen molar-refractivity contribution >= 4 is 10.9 Å². The Hall–Kier alpha value is -2.03. The number of rotatable bonds is 3. The minimum atomic E-state index is 0.00745. The number of benzene rings is 1. The Kier molecular flexibility index (Phi) is 3.74. The van der Waals surface area contributed by atoms with E-state index in [1.165, 1.54) is 5.57 Å². The SMILES string of the molecule is COc1c(CC=C(C)C)c(=O)n(C)c2ccccc12. The molecule has 0 aliphatic carbocycles. The highest BCUT2D eigenvalue weighted by Crippen LogP contribution is 2.27. The summed E-state index contributed by atoms with van der Waals surface area (Å²) in [7, 11) is 3.42. The molecule has 1 heterocycles. The van der Waals surface area contributed by atoms with Crippen LogP contribution in [0.15, 0.2) is 40.7 Å². The van der Waals surface area contributed by atoms with E-state index in [0.717, 1.165) is 10.9 Å². The molecule has 2 aromatic rings. The first-order valence-corrected chi connectivity index (χ1v) is 6.34. The van der Waals surface area contributed by atoms with Crippen molar-refractivity contribution in [2.75, 3.05) is 7.11 Å². The average molecular weight is 257 g/mol. The van der Waals surface area contributed by atoms with E-state index in [1.807, 2.05) is 44.2 Å². The zero-order chi connectivity index (χ0) is 14.0. The lowest BCUT2D eigenvalue weighted by atomic mass is 10.1. The maximum atomic E-state index is 12.4. The second kappa shape index (κ2) is 5.31. The highest BCUT2D eigenvalue weighted by molar-refractivity contribution is 5.86. The molecule has 3 heteroatoms. The van der Waals surface area contributed by atoms with Gasteiger partial charge in [0.15, 0.2) is 0 Å². The highest BCUT2D eigenvalue weighted by Gasteiger charge is 2.14. The van der Waals surface area contributed by atoms with Gasteiger partial charge in [0.25, 0.3) is 5.56 Å². The smallest absolute Gasteiger partial charge is 0.258 e. The van der Waals surface area contributed by atoms with Gasteiger partial charge in [-0.2, -0.15) is 0 Å². The van der Waals surface area contributed by atoms with E-state index in [-0.39, 0.29) is 5.56 Å². The van der Waals surface area contributed by atoms with Gasteiger partial charge >= 0.3 is 0 Å². The van der Waals surface area contributed by atoms with Crippen molar-refractivity contribution in [1.29, 1.82) is 0 Å². The van der Waals surface area contributed by atoms with Crippen molar-refractivity contribution in [1.82, 2.24) is 4.57 Å². The topological polar surface area (TPSA) is 31.2 Å². The van der Waals surface area contributed by atoms with E-state index < -0.39 is 0 Å². The monoisotopic (exact) mass is 257 g/mol. The number of hydrogen-bond donors (Lipinski definition) is 0. The van der Waals surface area contributed by atoms with Gasteiger partial charge in [-0.3, -0.25) is 4.79 Å². The molecule has 0 spiro atoms. The largest absolute Gasteiger partial charge is 0.496 e. The zero-order valence-corrected chi connectivity index (χ0v) is 11.9. The number of aryl methyl sites for hydroxylation is 1. The predicted octanol–water partition coefficient (Wildman–Crippen LogP) is 3.06. The number of ether oxygens (including phenoxy) is 1. The van der Waals surface area contributed by atoms with E-state index in [1.54, 1.807) is 18.7 Å². The molecule has 3 nitrogen and oxygen atoms in total. The molecule has 100 valence electrons. The lowest BCUT2D eigenvalue weighted by Gasteiger charge is -2.13. The molecule has 0 radical (unpaired) electrons. The molecule has 1 aromatic heterocycles. The quantitative estimate of drug-likeness (QED) is 0.791. The summed E-state index contributed by atoms with van der Waals surface area (Å²) in [6.45, 7) is 4.05. The fourth-order valence-electron chi connectivity index (χ4n) is 2.25. The van der Waals surface area contributed by atoms with Gasteiger partial charge in [0.05, 0.1) is 18.2 Å². The molecule has 0 bridgehead atoms. The average Bonchev–Trinajstić information content (AvgIpc) is 2.41. The van der Waals surface area contributed by atoms with Crippen LogP contribution in [0.3, 0.4) is 0 Å². The number of hydrogen-bond acceptors (Lipinski definition) is 2. The third kappa shape index (κ3) is 2.41. The van der Waals surface area contributed by atoms with Crippen LogP contribution in [-0.4, -0.2) is 11.7 Å². The van der Waals surface area contributed by atoms with Crippen molar-refractivity contribution in [2.45, 2.75) is 20.3 Å². The summed E-state index contributed by atoms with van der Waals surface area (Å²) in [6.07, 6.45) is 2.65. The summed E-state index contributed by atoms with van der Waals surface area (Å²) in [4.78, 5) is 12.4. The first-order valence-electron chi connectivity index (χ1n) is 6.34. The molecular formula is C16H19NO2. The van der Waals surface area contributed by atoms with Crippen molar-refractivity contribution in [3.05, 3.63) is 51.8 Å². The van der Waals surface area contributed by atoms with Crippen molar-refractivity contribution in [2.24, 2.45) is 7.05 Å². The molecule has 0 N–H and O–H groups in total. The van der Waals surface area contributed by atoms with E-state index in [9.17, 15) is 4.79 Å². The molecule has 0 aliphatic heterocycles. The first-order chi connectivity index (χ1) is 9.06. The molecule has 1 aromatic carbocycles. The summed E-state index contributed by atoms with van der Waals surface area (Å²) >= 11 is 0. The molecule has 0 saturated heterocycles. The van der Waals surface area contributed by atoms with Crippen LogP contribution >= 0.6 is 0 Å². The summed E-state index contributed by atoms with van der Waals surface area (Å²) in [5, 5.41) is 0.976. The predicted molar refractivity (Wildman–Crippen MR) is 78.9 cm³/mol. The molecule has 2 rings (SSSR count). The molecule has 0 atom stereocenters. The third-order valence-corrected chi connectivity index (χ3v) is 3.27. The number of aromatic nitrogens is 1. The fraction of sp³-hybridized carbons (Fsp3) is 0.312. The van der Waals surface area contributed by atoms with Gasteiger partial charge in [0.2, 0.25) is 0 Å². The van der Waals surface area contributed by atoms with Crippen molar-refractivity contribution in [3.63, 3.8) is 0 Å². The Bertz CT molecular complexity index is 692. The molecule has 0 fully saturated rings. The molecule has 19 heavy (non-hydrogen) atoms. The minimum absolute atomic E-state index is 0.00745. The van der Waals surface area contributed by atoms with Gasteiger partial charge in [-0.25, -0.2) is 0 Å². The summed E-state index contributed by atoms with van der Waals surface area (Å²) in [6, 6.07) is 7.81. The standard InChI is InChI=1S/C16H19NO2/c1-11(2)9-10-13-15(19-4)12-7-5-6-8-14(12)17(3)16(13)18/h5-9H,10H2,1-4H3. The van der Waals surface area contributed by atoms with Crippen LogP contribution in [0, 0.1) is 0 Å². The molecule has 0 unspecified atom stereocenters. The van der Waals surface area contributed by atoms with Gasteiger partial charge in [0.1, 0.15) is 5.75 Å². The van der Waals surface area contributed by atoms with Crippen LogP contribution in [0.5, 0.6) is 5.75 Å². The molecule has 0 amide bonds. The Balaban J connectivity index is 2.79. The molecule has 0 aliphatic rings. The molecular weight excluding hydrogens is 238 g/mol. The molecule has 0 saturated carbocycles. The zero-order valence-electron chi connectivity index (χ0n) is 11.9. The van der Waals surface area contributed by atoms with Crippen LogP contribution in [-0.2, 0) is 13.5 Å². The Labute approximate surface area is 113 Å². The Morgan fingerprint density at radius 1 is 1.32 bits per heavy atom. The number of para-hydroxylation sites is 1. The van der Waals surface area contributed by atoms with E-state index >= 15 is 0 Å². The van der Waals surface area contributed by atoms with Gasteiger partial charge in [-0.1, -0.05) is 23.8 Å². The van der Waals surface area contributed by atoms with Crippen molar-refractivity contribution in [3.8, 4) is 5.75 Å². The lowest BCUT2D eigenvalue weighted by Crippen LogP contribution is -2.22. The number of pyridine rings is 1. The van der Waals surface area contributed by atoms with Crippen LogP contribution in [0.4, 0.5) is 0 Å².